The first-order valence-electron chi connectivity index (χ1n) is 10.6. The van der Waals surface area contributed by atoms with Gasteiger partial charge in [0.15, 0.2) is 0 Å². The largest absolute Gasteiger partial charge is 0.497 e. The molecule has 0 aliphatic heterocycles. The van der Waals surface area contributed by atoms with Gasteiger partial charge in [0, 0.05) is 17.8 Å². The number of sulfonamides is 1. The van der Waals surface area contributed by atoms with E-state index >= 15 is 0 Å². The predicted octanol–water partition coefficient (Wildman–Crippen LogP) is 4.08. The number of nitrogens with one attached hydrogen (secondary N) is 2. The molecule has 35 heavy (non-hydrogen) atoms. The van der Waals surface area contributed by atoms with Crippen molar-refractivity contribution in [2.45, 2.75) is 55.6 Å². The molecule has 192 valence electrons. The quantitative estimate of drug-likeness (QED) is 0.486. The normalized spacial score (nSPS) is 15.1. The summed E-state index contributed by atoms with van der Waals surface area (Å²) in [4.78, 5) is 21.6. The van der Waals surface area contributed by atoms with Gasteiger partial charge in [-0.2, -0.15) is 13.2 Å². The van der Waals surface area contributed by atoms with Crippen LogP contribution in [0.2, 0.25) is 0 Å². The summed E-state index contributed by atoms with van der Waals surface area (Å²) in [6.45, 7) is 4.03. The SMILES string of the molecule is CCC(C)NC(=O)C1(c2ccc(NS(=O)(=O)c3cccc(OC)c3)cc2)CC1.O=C(O)C(F)(F)F. The summed E-state index contributed by atoms with van der Waals surface area (Å²) in [7, 11) is -2.23. The second kappa shape index (κ2) is 11.0. The van der Waals surface area contributed by atoms with Crippen LogP contribution >= 0.6 is 0 Å². The van der Waals surface area contributed by atoms with Gasteiger partial charge in [0.2, 0.25) is 5.91 Å². The first-order valence-corrected chi connectivity index (χ1v) is 12.1. The molecular formula is C23H27F3N2O6S. The predicted molar refractivity (Wildman–Crippen MR) is 123 cm³/mol. The highest BCUT2D eigenvalue weighted by Gasteiger charge is 2.51. The Morgan fingerprint density at radius 3 is 2.17 bits per heavy atom. The minimum atomic E-state index is -5.08. The number of hydrogen-bond donors (Lipinski definition) is 3. The van der Waals surface area contributed by atoms with Crippen LogP contribution in [0.25, 0.3) is 0 Å². The highest BCUT2D eigenvalue weighted by Crippen LogP contribution is 2.48. The summed E-state index contributed by atoms with van der Waals surface area (Å²) in [6.07, 6.45) is -2.58. The molecule has 0 radical (unpaired) electrons. The average Bonchev–Trinajstić information content (AvgIpc) is 3.61. The maximum atomic E-state index is 12.6. The van der Waals surface area contributed by atoms with E-state index in [1.54, 1.807) is 24.3 Å². The lowest BCUT2D eigenvalue weighted by Gasteiger charge is -2.19. The van der Waals surface area contributed by atoms with E-state index in [-0.39, 0.29) is 16.8 Å². The van der Waals surface area contributed by atoms with Gasteiger partial charge in [-0.1, -0.05) is 25.1 Å². The van der Waals surface area contributed by atoms with E-state index in [4.69, 9.17) is 14.6 Å². The van der Waals surface area contributed by atoms with Crippen molar-refractivity contribution < 1.29 is 41.0 Å². The Bertz CT molecular complexity index is 1150. The fourth-order valence-electron chi connectivity index (χ4n) is 3.08. The van der Waals surface area contributed by atoms with E-state index in [0.717, 1.165) is 24.8 Å². The Morgan fingerprint density at radius 2 is 1.71 bits per heavy atom. The number of carbonyl (C=O) groups is 2. The topological polar surface area (TPSA) is 122 Å². The number of carboxylic acid groups (broad SMARTS) is 1. The third-order valence-corrected chi connectivity index (χ3v) is 6.84. The number of carboxylic acids is 1. The third-order valence-electron chi connectivity index (χ3n) is 5.46. The van der Waals surface area contributed by atoms with Crippen molar-refractivity contribution in [1.82, 2.24) is 5.32 Å². The maximum Gasteiger partial charge on any atom is 0.490 e. The Labute approximate surface area is 201 Å². The molecule has 8 nitrogen and oxygen atoms in total. The number of amides is 1. The molecule has 2 aromatic rings. The lowest BCUT2D eigenvalue weighted by atomic mass is 9.94. The number of alkyl halides is 3. The number of benzene rings is 2. The van der Waals surface area contributed by atoms with Gasteiger partial charge in [-0.25, -0.2) is 13.2 Å². The summed E-state index contributed by atoms with van der Waals surface area (Å²) in [5, 5.41) is 10.2. The van der Waals surface area contributed by atoms with Gasteiger partial charge in [0.1, 0.15) is 5.75 Å². The van der Waals surface area contributed by atoms with Crippen LogP contribution in [0, 0.1) is 0 Å². The van der Waals surface area contributed by atoms with Crippen LogP contribution in [-0.2, 0) is 25.0 Å². The van der Waals surface area contributed by atoms with Gasteiger partial charge < -0.3 is 15.2 Å². The van der Waals surface area contributed by atoms with E-state index in [2.05, 4.69) is 10.0 Å². The number of methoxy groups -OCH3 is 1. The molecule has 0 aromatic heterocycles. The first-order chi connectivity index (χ1) is 16.2. The number of anilines is 1. The zero-order valence-electron chi connectivity index (χ0n) is 19.3. The highest BCUT2D eigenvalue weighted by molar-refractivity contribution is 7.92. The molecule has 1 unspecified atom stereocenters. The highest BCUT2D eigenvalue weighted by atomic mass is 32.2. The average molecular weight is 517 g/mol. The number of carbonyl (C=O) groups excluding carboxylic acids is 1. The zero-order chi connectivity index (χ0) is 26.4. The Balaban J connectivity index is 0.000000540. The minimum absolute atomic E-state index is 0.0477. The Morgan fingerprint density at radius 1 is 1.14 bits per heavy atom. The van der Waals surface area contributed by atoms with Gasteiger partial charge in [-0.15, -0.1) is 0 Å². The molecule has 12 heteroatoms. The Kier molecular flexibility index (Phi) is 8.77. The number of ether oxygens (including phenoxy) is 1. The minimum Gasteiger partial charge on any atom is -0.497 e. The van der Waals surface area contributed by atoms with Crippen molar-refractivity contribution in [2.24, 2.45) is 0 Å². The molecule has 1 saturated carbocycles. The summed E-state index contributed by atoms with van der Waals surface area (Å²) >= 11 is 0. The molecule has 1 aliphatic carbocycles. The smallest absolute Gasteiger partial charge is 0.490 e. The molecule has 3 rings (SSSR count). The summed E-state index contributed by atoms with van der Waals surface area (Å²) in [5.41, 5.74) is 0.885. The standard InChI is InChI=1S/C21H26N2O4S.C2HF3O2/c1-4-15(2)22-20(24)21(12-13-21)16-8-10-17(11-9-16)23-28(25,26)19-7-5-6-18(14-19)27-3;3-2(4,5)1(6)7/h5-11,14-15,23H,4,12-13H2,1-3H3,(H,22,24);(H,6,7). The van der Waals surface area contributed by atoms with Crippen molar-refractivity contribution in [1.29, 1.82) is 0 Å². The molecule has 0 bridgehead atoms. The number of halogens is 3. The van der Waals surface area contributed by atoms with E-state index in [0.29, 0.717) is 11.4 Å². The zero-order valence-corrected chi connectivity index (χ0v) is 20.2. The first kappa shape index (κ1) is 28.0. The second-order valence-electron chi connectivity index (χ2n) is 8.03. The molecular weight excluding hydrogens is 489 g/mol. The van der Waals surface area contributed by atoms with Gasteiger partial charge in [0.25, 0.3) is 10.0 Å². The fraction of sp³-hybridized carbons (Fsp3) is 0.391. The van der Waals surface area contributed by atoms with Crippen molar-refractivity contribution in [3.63, 3.8) is 0 Å². The van der Waals surface area contributed by atoms with E-state index < -0.39 is 27.6 Å². The van der Waals surface area contributed by atoms with Crippen molar-refractivity contribution in [2.75, 3.05) is 11.8 Å². The van der Waals surface area contributed by atoms with Gasteiger partial charge in [-0.05, 0) is 56.0 Å². The van der Waals surface area contributed by atoms with Crippen molar-refractivity contribution in [3.8, 4) is 5.75 Å². The van der Waals surface area contributed by atoms with Crippen LogP contribution in [-0.4, -0.2) is 44.7 Å². The maximum absolute atomic E-state index is 12.6. The van der Waals surface area contributed by atoms with Crippen LogP contribution in [0.15, 0.2) is 53.4 Å². The molecule has 2 aromatic carbocycles. The molecule has 3 N–H and O–H groups in total. The van der Waals surface area contributed by atoms with E-state index in [1.165, 1.54) is 19.2 Å². The van der Waals surface area contributed by atoms with Gasteiger partial charge >= 0.3 is 12.1 Å². The number of aliphatic carboxylic acids is 1. The molecule has 0 heterocycles. The second-order valence-corrected chi connectivity index (χ2v) is 9.71. The third kappa shape index (κ3) is 7.35. The van der Waals surface area contributed by atoms with Crippen LogP contribution in [0.4, 0.5) is 18.9 Å². The van der Waals surface area contributed by atoms with Crippen LogP contribution in [0.5, 0.6) is 5.75 Å². The summed E-state index contributed by atoms with van der Waals surface area (Å²) in [5.74, 6) is -2.24. The summed E-state index contributed by atoms with van der Waals surface area (Å²) < 4.78 is 64.6. The molecule has 1 aliphatic rings. The fourth-order valence-corrected chi connectivity index (χ4v) is 4.17. The van der Waals surface area contributed by atoms with Crippen LogP contribution in [0.1, 0.15) is 38.7 Å². The van der Waals surface area contributed by atoms with Crippen molar-refractivity contribution >= 4 is 27.6 Å². The van der Waals surface area contributed by atoms with Crippen LogP contribution in [0.3, 0.4) is 0 Å². The molecule has 1 atom stereocenters. The van der Waals surface area contributed by atoms with Gasteiger partial charge in [0.05, 0.1) is 17.4 Å². The number of rotatable bonds is 8. The van der Waals surface area contributed by atoms with Gasteiger partial charge in [-0.3, -0.25) is 9.52 Å². The van der Waals surface area contributed by atoms with Crippen molar-refractivity contribution in [3.05, 3.63) is 54.1 Å². The lowest BCUT2D eigenvalue weighted by molar-refractivity contribution is -0.192. The monoisotopic (exact) mass is 516 g/mol. The van der Waals surface area contributed by atoms with Crippen LogP contribution < -0.4 is 14.8 Å². The molecule has 0 spiro atoms. The molecule has 0 saturated heterocycles. The van der Waals surface area contributed by atoms with E-state index in [9.17, 15) is 26.4 Å². The number of hydrogen-bond acceptors (Lipinski definition) is 5. The molecule has 1 amide bonds. The summed E-state index contributed by atoms with van der Waals surface area (Å²) in [6, 6.07) is 13.5. The lowest BCUT2D eigenvalue weighted by Crippen LogP contribution is -2.39. The molecule has 1 fully saturated rings. The Hall–Kier alpha value is -3.28. The van der Waals surface area contributed by atoms with E-state index in [1.807, 2.05) is 26.0 Å².